The quantitative estimate of drug-likeness (QED) is 0.192. The lowest BCUT2D eigenvalue weighted by Crippen LogP contribution is -2.20. The second-order valence-corrected chi connectivity index (χ2v) is 8.83. The minimum Gasteiger partial charge on any atom is -0.502 e. The molecule has 0 aliphatic heterocycles. The topological polar surface area (TPSA) is 98.0 Å². The summed E-state index contributed by atoms with van der Waals surface area (Å²) in [6.07, 6.45) is 1.45. The molecule has 4 aromatic rings. The summed E-state index contributed by atoms with van der Waals surface area (Å²) in [6, 6.07) is 18.7. The largest absolute Gasteiger partial charge is 0.502 e. The van der Waals surface area contributed by atoms with Crippen molar-refractivity contribution in [2.75, 3.05) is 20.0 Å². The van der Waals surface area contributed by atoms with Gasteiger partial charge in [0.15, 0.2) is 16.7 Å². The number of fused-ring (bicyclic) bond motifs is 1. The molecule has 35 heavy (non-hydrogen) atoms. The summed E-state index contributed by atoms with van der Waals surface area (Å²) >= 11 is 7.35. The van der Waals surface area contributed by atoms with Crippen LogP contribution < -0.4 is 14.9 Å². The Bertz CT molecular complexity index is 1350. The van der Waals surface area contributed by atoms with Crippen LogP contribution in [0.1, 0.15) is 11.1 Å². The lowest BCUT2D eigenvalue weighted by molar-refractivity contribution is -0.118. The molecule has 8 nitrogen and oxygen atoms in total. The van der Waals surface area contributed by atoms with Crippen molar-refractivity contribution in [3.63, 3.8) is 0 Å². The van der Waals surface area contributed by atoms with Gasteiger partial charge in [0.25, 0.3) is 5.91 Å². The molecule has 0 saturated carbocycles. The fraction of sp³-hybridized carbons (Fsp3) is 0.160. The molecule has 10 heteroatoms. The lowest BCUT2D eigenvalue weighted by Gasteiger charge is -2.09. The van der Waals surface area contributed by atoms with Gasteiger partial charge in [0.1, 0.15) is 0 Å². The third-order valence-electron chi connectivity index (χ3n) is 5.11. The Labute approximate surface area is 211 Å². The van der Waals surface area contributed by atoms with Crippen molar-refractivity contribution < 1.29 is 19.4 Å². The van der Waals surface area contributed by atoms with Crippen molar-refractivity contribution >= 4 is 46.5 Å². The maximum absolute atomic E-state index is 12.4. The molecule has 0 saturated heterocycles. The van der Waals surface area contributed by atoms with E-state index < -0.39 is 0 Å². The molecule has 3 aromatic carbocycles. The van der Waals surface area contributed by atoms with Crippen molar-refractivity contribution in [2.45, 2.75) is 11.7 Å². The summed E-state index contributed by atoms with van der Waals surface area (Å²) < 4.78 is 12.3. The number of aromatic nitrogens is 2. The Morgan fingerprint density at radius 3 is 2.51 bits per heavy atom. The number of carbonyl (C=O) groups is 1. The van der Waals surface area contributed by atoms with E-state index >= 15 is 0 Å². The maximum Gasteiger partial charge on any atom is 0.250 e. The molecule has 1 heterocycles. The number of thioether (sulfide) groups is 1. The number of benzene rings is 3. The molecule has 0 aliphatic rings. The number of nitrogens with one attached hydrogen (secondary N) is 1. The molecule has 0 bridgehead atoms. The van der Waals surface area contributed by atoms with Crippen LogP contribution in [-0.4, -0.2) is 46.8 Å². The number of nitrogens with zero attached hydrogens (tertiary/aromatic N) is 3. The molecule has 0 spiro atoms. The maximum atomic E-state index is 12.4. The molecular weight excluding hydrogens is 488 g/mol. The zero-order valence-electron chi connectivity index (χ0n) is 19.1. The van der Waals surface area contributed by atoms with E-state index in [0.717, 1.165) is 21.8 Å². The highest BCUT2D eigenvalue weighted by Crippen LogP contribution is 2.36. The Kier molecular flexibility index (Phi) is 7.79. The van der Waals surface area contributed by atoms with Crippen LogP contribution in [0.4, 0.5) is 0 Å². The van der Waals surface area contributed by atoms with Gasteiger partial charge in [0.2, 0.25) is 5.75 Å². The number of phenols is 1. The first-order chi connectivity index (χ1) is 17.0. The van der Waals surface area contributed by atoms with Gasteiger partial charge < -0.3 is 19.1 Å². The average molecular weight is 511 g/mol. The first-order valence-corrected chi connectivity index (χ1v) is 11.9. The van der Waals surface area contributed by atoms with Crippen LogP contribution in [0.25, 0.3) is 11.0 Å². The van der Waals surface area contributed by atoms with Gasteiger partial charge in [0, 0.05) is 10.6 Å². The van der Waals surface area contributed by atoms with E-state index in [1.54, 1.807) is 12.1 Å². The van der Waals surface area contributed by atoms with E-state index in [9.17, 15) is 9.90 Å². The molecule has 0 aliphatic carbocycles. The van der Waals surface area contributed by atoms with Crippen LogP contribution in [0.3, 0.4) is 0 Å². The van der Waals surface area contributed by atoms with Crippen molar-refractivity contribution in [3.05, 3.63) is 76.8 Å². The number of para-hydroxylation sites is 2. The van der Waals surface area contributed by atoms with Crippen LogP contribution in [0.5, 0.6) is 17.2 Å². The highest BCUT2D eigenvalue weighted by molar-refractivity contribution is 7.99. The third kappa shape index (κ3) is 5.87. The summed E-state index contributed by atoms with van der Waals surface area (Å²) in [6.45, 7) is 0.601. The molecule has 0 unspecified atom stereocenters. The van der Waals surface area contributed by atoms with E-state index in [-0.39, 0.29) is 28.9 Å². The number of amides is 1. The molecule has 0 atom stereocenters. The van der Waals surface area contributed by atoms with Gasteiger partial charge in [-0.25, -0.2) is 10.4 Å². The molecule has 1 amide bonds. The number of hydrazone groups is 1. The number of rotatable bonds is 9. The summed E-state index contributed by atoms with van der Waals surface area (Å²) in [4.78, 5) is 17.1. The summed E-state index contributed by atoms with van der Waals surface area (Å²) in [5, 5.41) is 15.4. The Hall–Kier alpha value is -3.69. The van der Waals surface area contributed by atoms with Crippen LogP contribution in [-0.2, 0) is 11.3 Å². The van der Waals surface area contributed by atoms with E-state index in [0.29, 0.717) is 17.1 Å². The van der Waals surface area contributed by atoms with Gasteiger partial charge in [-0.2, -0.15) is 5.10 Å². The molecule has 0 fully saturated rings. The zero-order chi connectivity index (χ0) is 24.8. The van der Waals surface area contributed by atoms with Crippen LogP contribution >= 0.6 is 23.4 Å². The van der Waals surface area contributed by atoms with Gasteiger partial charge in [0.05, 0.1) is 43.8 Å². The Morgan fingerprint density at radius 2 is 1.83 bits per heavy atom. The number of hydrogen-bond donors (Lipinski definition) is 2. The van der Waals surface area contributed by atoms with E-state index in [2.05, 4.69) is 15.1 Å². The predicted molar refractivity (Wildman–Crippen MR) is 138 cm³/mol. The zero-order valence-corrected chi connectivity index (χ0v) is 20.6. The number of hydrogen-bond acceptors (Lipinski definition) is 7. The summed E-state index contributed by atoms with van der Waals surface area (Å²) in [5.41, 5.74) is 6.03. The minimum absolute atomic E-state index is 0.103. The highest BCUT2D eigenvalue weighted by Gasteiger charge is 2.14. The summed E-state index contributed by atoms with van der Waals surface area (Å²) in [5.74, 6) is 0.228. The van der Waals surface area contributed by atoms with Gasteiger partial charge >= 0.3 is 0 Å². The van der Waals surface area contributed by atoms with Gasteiger partial charge in [-0.1, -0.05) is 47.6 Å². The molecule has 4 rings (SSSR count). The second-order valence-electron chi connectivity index (χ2n) is 7.45. The predicted octanol–water partition coefficient (Wildman–Crippen LogP) is 4.70. The number of aromatic hydroxyl groups is 1. The number of phenolic OH excluding ortho intramolecular Hbond substituents is 1. The van der Waals surface area contributed by atoms with Gasteiger partial charge in [-0.15, -0.1) is 0 Å². The lowest BCUT2D eigenvalue weighted by atomic mass is 10.2. The van der Waals surface area contributed by atoms with Crippen molar-refractivity contribution in [2.24, 2.45) is 5.10 Å². The number of halogens is 1. The van der Waals surface area contributed by atoms with Gasteiger partial charge in [-0.05, 0) is 42.0 Å². The first-order valence-electron chi connectivity index (χ1n) is 10.6. The fourth-order valence-corrected chi connectivity index (χ4v) is 4.35. The van der Waals surface area contributed by atoms with Crippen LogP contribution in [0.2, 0.25) is 5.02 Å². The second kappa shape index (κ2) is 11.2. The molecule has 2 N–H and O–H groups in total. The standard InChI is InChI=1S/C25H23ClN4O4S/c1-33-21-11-17(12-22(34-2)24(21)32)13-27-29-23(31)15-35-25-28-19-5-3-4-6-20(19)30(25)14-16-7-9-18(26)10-8-16/h3-13,32H,14-15H2,1-2H3,(H,29,31)/b27-13+. The number of methoxy groups -OCH3 is 2. The minimum atomic E-state index is -0.283. The van der Waals surface area contributed by atoms with Crippen molar-refractivity contribution in [1.29, 1.82) is 0 Å². The number of carbonyl (C=O) groups excluding carboxylic acids is 1. The fourth-order valence-electron chi connectivity index (χ4n) is 3.42. The highest BCUT2D eigenvalue weighted by atomic mass is 35.5. The molecule has 1 aromatic heterocycles. The molecule has 180 valence electrons. The third-order valence-corrected chi connectivity index (χ3v) is 6.34. The first kappa shape index (κ1) is 24.4. The normalized spacial score (nSPS) is 11.2. The van der Waals surface area contributed by atoms with E-state index in [1.807, 2.05) is 48.5 Å². The SMILES string of the molecule is COc1cc(/C=N/NC(=O)CSc2nc3ccccc3n2Cc2ccc(Cl)cc2)cc(OC)c1O. The van der Waals surface area contributed by atoms with Crippen LogP contribution in [0, 0.1) is 0 Å². The van der Waals surface area contributed by atoms with E-state index in [4.69, 9.17) is 26.1 Å². The summed E-state index contributed by atoms with van der Waals surface area (Å²) in [7, 11) is 2.88. The van der Waals surface area contributed by atoms with E-state index in [1.165, 1.54) is 32.2 Å². The Balaban J connectivity index is 1.44. The van der Waals surface area contributed by atoms with Crippen molar-refractivity contribution in [3.8, 4) is 17.2 Å². The van der Waals surface area contributed by atoms with Gasteiger partial charge in [-0.3, -0.25) is 4.79 Å². The molecular formula is C25H23ClN4O4S. The average Bonchev–Trinajstić information content (AvgIpc) is 3.22. The van der Waals surface area contributed by atoms with Crippen molar-refractivity contribution in [1.82, 2.24) is 15.0 Å². The smallest absolute Gasteiger partial charge is 0.250 e. The molecule has 0 radical (unpaired) electrons. The monoisotopic (exact) mass is 510 g/mol. The number of ether oxygens (including phenoxy) is 2. The number of imidazole rings is 1. The Morgan fingerprint density at radius 1 is 1.14 bits per heavy atom. The van der Waals surface area contributed by atoms with Crippen LogP contribution in [0.15, 0.2) is 70.9 Å².